The van der Waals surface area contributed by atoms with E-state index in [1.165, 1.54) is 12.1 Å². The van der Waals surface area contributed by atoms with Crippen LogP contribution in [0.2, 0.25) is 0 Å². The van der Waals surface area contributed by atoms with E-state index < -0.39 is 6.29 Å². The molecular weight excluding hydrogens is 266 g/mol. The van der Waals surface area contributed by atoms with E-state index in [-0.39, 0.29) is 11.5 Å². The van der Waals surface area contributed by atoms with Crippen molar-refractivity contribution >= 4 is 5.69 Å². The highest BCUT2D eigenvalue weighted by molar-refractivity contribution is 5.55. The molecule has 2 aromatic rings. The zero-order chi connectivity index (χ0) is 14.0. The molecule has 0 bridgehead atoms. The number of halogens is 2. The zero-order valence-electron chi connectivity index (χ0n) is 10.5. The molecule has 1 N–H and O–H groups in total. The fourth-order valence-corrected chi connectivity index (χ4v) is 1.94. The molecular formula is C14H12F2N2O2. The van der Waals surface area contributed by atoms with Crippen LogP contribution in [0.3, 0.4) is 0 Å². The van der Waals surface area contributed by atoms with Gasteiger partial charge in [0.25, 0.3) is 0 Å². The van der Waals surface area contributed by atoms with Crippen molar-refractivity contribution in [3.63, 3.8) is 0 Å². The molecule has 0 radical (unpaired) electrons. The van der Waals surface area contributed by atoms with Gasteiger partial charge < -0.3 is 14.8 Å². The Bertz CT molecular complexity index is 605. The normalized spacial score (nSPS) is 15.1. The molecule has 1 aliphatic heterocycles. The number of nitrogens with zero attached hydrogens (tertiary/aromatic N) is 1. The molecule has 6 heteroatoms. The van der Waals surface area contributed by atoms with Crippen LogP contribution >= 0.6 is 0 Å². The Morgan fingerprint density at radius 3 is 2.75 bits per heavy atom. The van der Waals surface area contributed by atoms with Gasteiger partial charge in [-0.2, -0.15) is 0 Å². The Morgan fingerprint density at radius 1 is 1.10 bits per heavy atom. The van der Waals surface area contributed by atoms with E-state index in [9.17, 15) is 8.78 Å². The Balaban J connectivity index is 1.60. The largest absolute Gasteiger partial charge is 0.586 e. The first-order valence-corrected chi connectivity index (χ1v) is 6.16. The van der Waals surface area contributed by atoms with Gasteiger partial charge in [-0.3, -0.25) is 4.98 Å². The standard InChI is InChI=1S/C14H12F2N2O2/c15-14(16)19-12-5-4-11(9-13(12)20-14)18-8-6-10-3-1-2-7-17-10/h1-5,7,9,18H,6,8H2. The van der Waals surface area contributed by atoms with Gasteiger partial charge in [0.15, 0.2) is 11.5 Å². The van der Waals surface area contributed by atoms with Crippen LogP contribution in [0.15, 0.2) is 42.6 Å². The van der Waals surface area contributed by atoms with Crippen LogP contribution in [-0.4, -0.2) is 17.8 Å². The summed E-state index contributed by atoms with van der Waals surface area (Å²) in [4.78, 5) is 4.20. The Morgan fingerprint density at radius 2 is 1.95 bits per heavy atom. The minimum Gasteiger partial charge on any atom is -0.395 e. The maximum atomic E-state index is 12.9. The number of fused-ring (bicyclic) bond motifs is 1. The van der Waals surface area contributed by atoms with Gasteiger partial charge in [-0.05, 0) is 24.3 Å². The first-order valence-electron chi connectivity index (χ1n) is 6.16. The summed E-state index contributed by atoms with van der Waals surface area (Å²) in [6.07, 6.45) is -1.10. The van der Waals surface area contributed by atoms with Crippen molar-refractivity contribution in [3.8, 4) is 11.5 Å². The van der Waals surface area contributed by atoms with E-state index in [1.807, 2.05) is 18.2 Å². The van der Waals surface area contributed by atoms with Gasteiger partial charge in [-0.25, -0.2) is 0 Å². The van der Waals surface area contributed by atoms with Gasteiger partial charge >= 0.3 is 6.29 Å². The molecule has 3 rings (SSSR count). The highest BCUT2D eigenvalue weighted by Gasteiger charge is 2.43. The van der Waals surface area contributed by atoms with Gasteiger partial charge in [0.05, 0.1) is 0 Å². The molecule has 1 aromatic carbocycles. The summed E-state index contributed by atoms with van der Waals surface area (Å²) in [6.45, 7) is 0.646. The number of ether oxygens (including phenoxy) is 2. The summed E-state index contributed by atoms with van der Waals surface area (Å²) in [5, 5.41) is 3.13. The molecule has 0 unspecified atom stereocenters. The summed E-state index contributed by atoms with van der Waals surface area (Å²) in [7, 11) is 0. The summed E-state index contributed by atoms with van der Waals surface area (Å²) in [6, 6.07) is 10.3. The quantitative estimate of drug-likeness (QED) is 0.933. The summed E-state index contributed by atoms with van der Waals surface area (Å²) in [5.41, 5.74) is 1.66. The number of rotatable bonds is 4. The lowest BCUT2D eigenvalue weighted by Gasteiger charge is -2.06. The molecule has 2 heterocycles. The van der Waals surface area contributed by atoms with Crippen LogP contribution in [0.4, 0.5) is 14.5 Å². The van der Waals surface area contributed by atoms with E-state index in [2.05, 4.69) is 19.8 Å². The second-order valence-corrected chi connectivity index (χ2v) is 4.33. The van der Waals surface area contributed by atoms with Crippen molar-refractivity contribution in [1.82, 2.24) is 4.98 Å². The van der Waals surface area contributed by atoms with Crippen molar-refractivity contribution in [2.45, 2.75) is 12.7 Å². The fourth-order valence-electron chi connectivity index (χ4n) is 1.94. The SMILES string of the molecule is FC1(F)Oc2ccc(NCCc3ccccn3)cc2O1. The molecule has 0 saturated carbocycles. The van der Waals surface area contributed by atoms with Crippen LogP contribution in [0.1, 0.15) is 5.69 Å². The van der Waals surface area contributed by atoms with E-state index in [0.717, 1.165) is 12.1 Å². The average Bonchev–Trinajstić information content (AvgIpc) is 2.73. The van der Waals surface area contributed by atoms with Crippen molar-refractivity contribution in [2.75, 3.05) is 11.9 Å². The van der Waals surface area contributed by atoms with Crippen LogP contribution in [0.5, 0.6) is 11.5 Å². The van der Waals surface area contributed by atoms with Crippen molar-refractivity contribution in [1.29, 1.82) is 0 Å². The maximum absolute atomic E-state index is 12.9. The highest BCUT2D eigenvalue weighted by atomic mass is 19.3. The second kappa shape index (κ2) is 4.96. The van der Waals surface area contributed by atoms with Crippen LogP contribution in [0, 0.1) is 0 Å². The third-order valence-electron chi connectivity index (χ3n) is 2.84. The summed E-state index contributed by atoms with van der Waals surface area (Å²) >= 11 is 0. The maximum Gasteiger partial charge on any atom is 0.586 e. The lowest BCUT2D eigenvalue weighted by atomic mass is 10.2. The average molecular weight is 278 g/mol. The summed E-state index contributed by atoms with van der Waals surface area (Å²) in [5.74, 6) is 0.0862. The molecule has 1 aromatic heterocycles. The lowest BCUT2D eigenvalue weighted by Crippen LogP contribution is -2.25. The zero-order valence-corrected chi connectivity index (χ0v) is 10.5. The van der Waals surface area contributed by atoms with Gasteiger partial charge in [0.2, 0.25) is 0 Å². The molecule has 0 aliphatic carbocycles. The van der Waals surface area contributed by atoms with Crippen LogP contribution < -0.4 is 14.8 Å². The number of hydrogen-bond donors (Lipinski definition) is 1. The molecule has 0 spiro atoms. The van der Waals surface area contributed by atoms with Crippen molar-refractivity contribution in [2.24, 2.45) is 0 Å². The Hall–Kier alpha value is -2.37. The van der Waals surface area contributed by atoms with E-state index in [4.69, 9.17) is 0 Å². The first kappa shape index (κ1) is 12.7. The molecule has 0 atom stereocenters. The number of anilines is 1. The van der Waals surface area contributed by atoms with Crippen LogP contribution in [0.25, 0.3) is 0 Å². The number of nitrogens with one attached hydrogen (secondary N) is 1. The molecule has 20 heavy (non-hydrogen) atoms. The molecule has 1 aliphatic rings. The van der Waals surface area contributed by atoms with Gasteiger partial charge in [0.1, 0.15) is 0 Å². The molecule has 4 nitrogen and oxygen atoms in total. The number of alkyl halides is 2. The number of aromatic nitrogens is 1. The number of pyridine rings is 1. The predicted octanol–water partition coefficient (Wildman–Crippen LogP) is 3.06. The minimum atomic E-state index is -3.57. The molecule has 0 fully saturated rings. The Labute approximate surface area is 114 Å². The van der Waals surface area contributed by atoms with Crippen molar-refractivity contribution in [3.05, 3.63) is 48.3 Å². The minimum absolute atomic E-state index is 0.0397. The van der Waals surface area contributed by atoms with Crippen molar-refractivity contribution < 1.29 is 18.3 Å². The number of hydrogen-bond acceptors (Lipinski definition) is 4. The monoisotopic (exact) mass is 278 g/mol. The molecule has 104 valence electrons. The first-order chi connectivity index (χ1) is 9.62. The van der Waals surface area contributed by atoms with E-state index in [1.54, 1.807) is 12.3 Å². The second-order valence-electron chi connectivity index (χ2n) is 4.33. The molecule has 0 saturated heterocycles. The van der Waals surface area contributed by atoms with E-state index >= 15 is 0 Å². The third-order valence-corrected chi connectivity index (χ3v) is 2.84. The smallest absolute Gasteiger partial charge is 0.395 e. The number of benzene rings is 1. The van der Waals surface area contributed by atoms with Gasteiger partial charge in [-0.1, -0.05) is 6.07 Å². The highest BCUT2D eigenvalue weighted by Crippen LogP contribution is 2.42. The fraction of sp³-hybridized carbons (Fsp3) is 0.214. The van der Waals surface area contributed by atoms with Crippen LogP contribution in [-0.2, 0) is 6.42 Å². The summed E-state index contributed by atoms with van der Waals surface area (Å²) < 4.78 is 34.5. The predicted molar refractivity (Wildman–Crippen MR) is 69.1 cm³/mol. The topological polar surface area (TPSA) is 43.4 Å². The Kier molecular flexibility index (Phi) is 3.14. The van der Waals surface area contributed by atoms with E-state index in [0.29, 0.717) is 12.2 Å². The molecule has 0 amide bonds. The van der Waals surface area contributed by atoms with Gasteiger partial charge in [0, 0.05) is 36.6 Å². The van der Waals surface area contributed by atoms with Gasteiger partial charge in [-0.15, -0.1) is 8.78 Å². The third kappa shape index (κ3) is 2.79. The lowest BCUT2D eigenvalue weighted by molar-refractivity contribution is -0.286.